The molecule has 2 fully saturated rings. The average molecular weight is 288 g/mol. The quantitative estimate of drug-likeness (QED) is 0.905. The van der Waals surface area contributed by atoms with Gasteiger partial charge in [0.05, 0.1) is 5.41 Å². The van der Waals surface area contributed by atoms with Crippen LogP contribution >= 0.6 is 0 Å². The predicted molar refractivity (Wildman–Crippen MR) is 82.9 cm³/mol. The van der Waals surface area contributed by atoms with Gasteiger partial charge in [0.1, 0.15) is 5.82 Å². The van der Waals surface area contributed by atoms with E-state index in [1.165, 1.54) is 0 Å². The molecule has 1 aliphatic heterocycles. The minimum absolute atomic E-state index is 0.267. The summed E-state index contributed by atoms with van der Waals surface area (Å²) in [6, 6.07) is 5.94. The lowest BCUT2D eigenvalue weighted by atomic mass is 9.62. The first kappa shape index (κ1) is 14.3. The molecule has 0 aromatic carbocycles. The molecule has 0 radical (unpaired) electrons. The van der Waals surface area contributed by atoms with Crippen molar-refractivity contribution in [2.24, 2.45) is 17.1 Å². The molecule has 2 N–H and O–H groups in total. The number of anilines is 1. The van der Waals surface area contributed by atoms with Crippen molar-refractivity contribution < 1.29 is 4.79 Å². The third-order valence-corrected chi connectivity index (χ3v) is 4.86. The van der Waals surface area contributed by atoms with Crippen LogP contribution < -0.4 is 10.6 Å². The van der Waals surface area contributed by atoms with Crippen LogP contribution in [0.2, 0.25) is 0 Å². The number of amides is 1. The van der Waals surface area contributed by atoms with E-state index < -0.39 is 0 Å². The molecule has 0 spiro atoms. The Morgan fingerprint density at radius 1 is 1.33 bits per heavy atom. The number of pyridine rings is 1. The minimum atomic E-state index is -0.271. The fraction of sp³-hybridized carbons (Fsp3) is 0.625. The van der Waals surface area contributed by atoms with E-state index in [1.807, 2.05) is 29.3 Å². The van der Waals surface area contributed by atoms with Crippen LogP contribution in [-0.4, -0.2) is 48.5 Å². The van der Waals surface area contributed by atoms with E-state index in [-0.39, 0.29) is 11.3 Å². The lowest BCUT2D eigenvalue weighted by Crippen LogP contribution is -2.58. The lowest BCUT2D eigenvalue weighted by molar-refractivity contribution is -0.150. The van der Waals surface area contributed by atoms with Crippen LogP contribution in [0.5, 0.6) is 0 Å². The molecule has 1 aromatic rings. The zero-order valence-electron chi connectivity index (χ0n) is 12.7. The van der Waals surface area contributed by atoms with Crippen LogP contribution in [0.4, 0.5) is 5.82 Å². The second kappa shape index (κ2) is 5.64. The summed E-state index contributed by atoms with van der Waals surface area (Å²) < 4.78 is 0. The largest absolute Gasteiger partial charge is 0.353 e. The summed E-state index contributed by atoms with van der Waals surface area (Å²) in [5.74, 6) is 1.89. The molecule has 5 nitrogen and oxygen atoms in total. The Morgan fingerprint density at radius 2 is 2.05 bits per heavy atom. The first-order valence-corrected chi connectivity index (χ1v) is 7.80. The number of nitrogens with zero attached hydrogens (tertiary/aromatic N) is 3. The summed E-state index contributed by atoms with van der Waals surface area (Å²) >= 11 is 0. The summed E-state index contributed by atoms with van der Waals surface area (Å²) in [6.07, 6.45) is 3.71. The van der Waals surface area contributed by atoms with Crippen molar-refractivity contribution in [1.82, 2.24) is 9.88 Å². The molecule has 1 aliphatic carbocycles. The van der Waals surface area contributed by atoms with Gasteiger partial charge in [0.25, 0.3) is 0 Å². The Labute approximate surface area is 126 Å². The number of rotatable bonds is 3. The van der Waals surface area contributed by atoms with Gasteiger partial charge in [0, 0.05) is 38.9 Å². The number of carbonyl (C=O) groups is 1. The molecule has 1 aromatic heterocycles. The van der Waals surface area contributed by atoms with Gasteiger partial charge in [-0.1, -0.05) is 13.0 Å². The summed E-state index contributed by atoms with van der Waals surface area (Å²) in [5, 5.41) is 0. The van der Waals surface area contributed by atoms with Gasteiger partial charge in [-0.25, -0.2) is 4.98 Å². The Balaban J connectivity index is 1.60. The highest BCUT2D eigenvalue weighted by Crippen LogP contribution is 2.46. The maximum Gasteiger partial charge on any atom is 0.230 e. The monoisotopic (exact) mass is 288 g/mol. The van der Waals surface area contributed by atoms with Gasteiger partial charge >= 0.3 is 0 Å². The van der Waals surface area contributed by atoms with E-state index >= 15 is 0 Å². The molecule has 2 heterocycles. The zero-order valence-corrected chi connectivity index (χ0v) is 12.7. The third kappa shape index (κ3) is 2.62. The molecule has 0 unspecified atom stereocenters. The first-order valence-electron chi connectivity index (χ1n) is 7.80. The van der Waals surface area contributed by atoms with Crippen LogP contribution in [0, 0.1) is 11.3 Å². The third-order valence-electron chi connectivity index (χ3n) is 4.86. The van der Waals surface area contributed by atoms with Crippen molar-refractivity contribution >= 4 is 11.7 Å². The van der Waals surface area contributed by atoms with E-state index in [2.05, 4.69) is 16.8 Å². The van der Waals surface area contributed by atoms with E-state index in [9.17, 15) is 4.79 Å². The smallest absolute Gasteiger partial charge is 0.230 e. The highest BCUT2D eigenvalue weighted by Gasteiger charge is 2.49. The highest BCUT2D eigenvalue weighted by molar-refractivity contribution is 5.84. The second-order valence-electron chi connectivity index (χ2n) is 6.47. The van der Waals surface area contributed by atoms with Crippen molar-refractivity contribution in [3.8, 4) is 0 Å². The first-order chi connectivity index (χ1) is 10.1. The maximum absolute atomic E-state index is 12.7. The van der Waals surface area contributed by atoms with Gasteiger partial charge in [0.15, 0.2) is 0 Å². The highest BCUT2D eigenvalue weighted by atomic mass is 16.2. The molecule has 5 heteroatoms. The van der Waals surface area contributed by atoms with Crippen LogP contribution in [0.1, 0.15) is 19.8 Å². The van der Waals surface area contributed by atoms with Crippen molar-refractivity contribution in [1.29, 1.82) is 0 Å². The maximum atomic E-state index is 12.7. The lowest BCUT2D eigenvalue weighted by Gasteiger charge is -2.48. The fourth-order valence-corrected chi connectivity index (χ4v) is 3.72. The second-order valence-corrected chi connectivity index (χ2v) is 6.47. The predicted octanol–water partition coefficient (Wildman–Crippen LogP) is 1.11. The van der Waals surface area contributed by atoms with Gasteiger partial charge in [-0.2, -0.15) is 0 Å². The molecule has 0 atom stereocenters. The van der Waals surface area contributed by atoms with Crippen LogP contribution in [0.25, 0.3) is 0 Å². The summed E-state index contributed by atoms with van der Waals surface area (Å²) in [7, 11) is 0. The Kier molecular flexibility index (Phi) is 3.85. The summed E-state index contributed by atoms with van der Waals surface area (Å²) in [5.41, 5.74) is 5.62. The van der Waals surface area contributed by atoms with Gasteiger partial charge < -0.3 is 15.5 Å². The topological polar surface area (TPSA) is 62.5 Å². The van der Waals surface area contributed by atoms with Crippen LogP contribution in [0.3, 0.4) is 0 Å². The standard InChI is InChI=1S/C16H24N4O/c1-13-10-16(11-13,12-17)15(21)20-8-6-19(7-9-20)14-4-2-3-5-18-14/h2-5,13H,6-12,17H2,1H3. The van der Waals surface area contributed by atoms with E-state index in [4.69, 9.17) is 5.73 Å². The minimum Gasteiger partial charge on any atom is -0.353 e. The molecule has 3 rings (SSSR count). The summed E-state index contributed by atoms with van der Waals surface area (Å²) in [4.78, 5) is 21.3. The molecule has 1 saturated carbocycles. The molecule has 114 valence electrons. The molecule has 2 aliphatic rings. The number of aromatic nitrogens is 1. The molecular weight excluding hydrogens is 264 g/mol. The molecular formula is C16H24N4O. The molecule has 0 bridgehead atoms. The van der Waals surface area contributed by atoms with E-state index in [0.29, 0.717) is 12.5 Å². The number of hydrogen-bond donors (Lipinski definition) is 1. The Morgan fingerprint density at radius 3 is 2.57 bits per heavy atom. The number of piperazine rings is 1. The number of nitrogens with two attached hydrogens (primary N) is 1. The molecule has 1 amide bonds. The van der Waals surface area contributed by atoms with Crippen molar-refractivity contribution in [3.63, 3.8) is 0 Å². The van der Waals surface area contributed by atoms with Gasteiger partial charge in [-0.15, -0.1) is 0 Å². The average Bonchev–Trinajstić information content (AvgIpc) is 2.52. The van der Waals surface area contributed by atoms with E-state index in [1.54, 1.807) is 0 Å². The number of carbonyl (C=O) groups excluding carboxylic acids is 1. The Bertz CT molecular complexity index is 490. The summed E-state index contributed by atoms with van der Waals surface area (Å²) in [6.45, 7) is 5.91. The Hall–Kier alpha value is -1.62. The van der Waals surface area contributed by atoms with Crippen molar-refractivity contribution in [3.05, 3.63) is 24.4 Å². The van der Waals surface area contributed by atoms with Crippen LogP contribution in [-0.2, 0) is 4.79 Å². The SMILES string of the molecule is CC1CC(CN)(C(=O)N2CCN(c3ccccn3)CC2)C1. The van der Waals surface area contributed by atoms with Gasteiger partial charge in [-0.05, 0) is 30.9 Å². The van der Waals surface area contributed by atoms with E-state index in [0.717, 1.165) is 44.8 Å². The molecule has 1 saturated heterocycles. The van der Waals surface area contributed by atoms with Crippen LogP contribution in [0.15, 0.2) is 24.4 Å². The van der Waals surface area contributed by atoms with Crippen molar-refractivity contribution in [2.75, 3.05) is 37.6 Å². The van der Waals surface area contributed by atoms with Gasteiger partial charge in [-0.3, -0.25) is 4.79 Å². The molecule has 21 heavy (non-hydrogen) atoms. The van der Waals surface area contributed by atoms with Gasteiger partial charge in [0.2, 0.25) is 5.91 Å². The zero-order chi connectivity index (χ0) is 14.9. The normalized spacial score (nSPS) is 29.1. The fourth-order valence-electron chi connectivity index (χ4n) is 3.72. The van der Waals surface area contributed by atoms with Crippen molar-refractivity contribution in [2.45, 2.75) is 19.8 Å². The number of hydrogen-bond acceptors (Lipinski definition) is 4.